The molecule has 0 spiro atoms. The number of hydrogen-bond donors (Lipinski definition) is 1. The van der Waals surface area contributed by atoms with Crippen LogP contribution in [0.15, 0.2) is 30.3 Å². The van der Waals surface area contributed by atoms with Gasteiger partial charge in [0.25, 0.3) is 0 Å². The smallest absolute Gasteiger partial charge is 0.330 e. The Balaban J connectivity index is 2.84. The van der Waals surface area contributed by atoms with E-state index in [1.165, 1.54) is 0 Å². The van der Waals surface area contributed by atoms with Crippen molar-refractivity contribution < 1.29 is 23.9 Å². The third kappa shape index (κ3) is 4.38. The van der Waals surface area contributed by atoms with Gasteiger partial charge in [-0.15, -0.1) is 0 Å². The molecule has 0 aliphatic rings. The van der Waals surface area contributed by atoms with Crippen LogP contribution in [0.25, 0.3) is 0 Å². The summed E-state index contributed by atoms with van der Waals surface area (Å²) in [6.45, 7) is 3.34. The van der Waals surface area contributed by atoms with Crippen LogP contribution < -0.4 is 5.32 Å². The molecule has 1 rings (SSSR count). The van der Waals surface area contributed by atoms with E-state index in [0.717, 1.165) is 0 Å². The number of benzene rings is 1. The maximum atomic E-state index is 12.0. The van der Waals surface area contributed by atoms with Crippen molar-refractivity contribution in [3.05, 3.63) is 30.3 Å². The van der Waals surface area contributed by atoms with E-state index in [1.807, 2.05) is 0 Å². The molecule has 20 heavy (non-hydrogen) atoms. The van der Waals surface area contributed by atoms with Crippen LogP contribution in [0.1, 0.15) is 13.8 Å². The van der Waals surface area contributed by atoms with Crippen molar-refractivity contribution in [1.82, 2.24) is 0 Å². The van der Waals surface area contributed by atoms with Gasteiger partial charge in [-0.25, -0.2) is 0 Å². The van der Waals surface area contributed by atoms with E-state index in [4.69, 9.17) is 9.47 Å². The van der Waals surface area contributed by atoms with Crippen molar-refractivity contribution in [1.29, 1.82) is 0 Å². The van der Waals surface area contributed by atoms with Gasteiger partial charge in [-0.3, -0.25) is 14.4 Å². The Morgan fingerprint density at radius 3 is 1.95 bits per heavy atom. The molecule has 0 heterocycles. The van der Waals surface area contributed by atoms with Crippen molar-refractivity contribution in [3.8, 4) is 0 Å². The SMILES string of the molecule is CCOC(=O)C(C(=O)Nc1ccccc1)C(=O)OCC. The average Bonchev–Trinajstić information content (AvgIpc) is 2.40. The Morgan fingerprint density at radius 1 is 1.00 bits per heavy atom. The second kappa shape index (κ2) is 7.93. The fourth-order valence-corrected chi connectivity index (χ4v) is 1.50. The van der Waals surface area contributed by atoms with Crippen LogP contribution in [0.5, 0.6) is 0 Å². The number of carbonyl (C=O) groups is 3. The van der Waals surface area contributed by atoms with Crippen LogP contribution in [-0.2, 0) is 23.9 Å². The summed E-state index contributed by atoms with van der Waals surface area (Å²) in [6, 6.07) is 8.51. The van der Waals surface area contributed by atoms with Crippen LogP contribution in [-0.4, -0.2) is 31.1 Å². The maximum Gasteiger partial charge on any atom is 0.330 e. The summed E-state index contributed by atoms with van der Waals surface area (Å²) in [5, 5.41) is 2.48. The Bertz CT molecular complexity index is 454. The molecule has 0 fully saturated rings. The Hall–Kier alpha value is -2.37. The first-order chi connectivity index (χ1) is 9.60. The highest BCUT2D eigenvalue weighted by molar-refractivity contribution is 6.18. The van der Waals surface area contributed by atoms with E-state index in [2.05, 4.69) is 5.32 Å². The van der Waals surface area contributed by atoms with E-state index in [1.54, 1.807) is 44.2 Å². The zero-order valence-corrected chi connectivity index (χ0v) is 11.4. The number of hydrogen-bond acceptors (Lipinski definition) is 5. The lowest BCUT2D eigenvalue weighted by Gasteiger charge is -2.14. The molecule has 0 saturated carbocycles. The van der Waals surface area contributed by atoms with Gasteiger partial charge in [0.05, 0.1) is 13.2 Å². The normalized spacial score (nSPS) is 9.95. The summed E-state index contributed by atoms with van der Waals surface area (Å²) < 4.78 is 9.46. The summed E-state index contributed by atoms with van der Waals surface area (Å²) >= 11 is 0. The fourth-order valence-electron chi connectivity index (χ4n) is 1.50. The molecule has 0 atom stereocenters. The monoisotopic (exact) mass is 279 g/mol. The van der Waals surface area contributed by atoms with Gasteiger partial charge in [0.2, 0.25) is 11.8 Å². The summed E-state index contributed by atoms with van der Waals surface area (Å²) in [5.41, 5.74) is 0.482. The minimum atomic E-state index is -1.62. The predicted octanol–water partition coefficient (Wildman–Crippen LogP) is 1.37. The molecule has 1 aromatic rings. The van der Waals surface area contributed by atoms with Gasteiger partial charge in [-0.2, -0.15) is 0 Å². The molecule has 0 saturated heterocycles. The average molecular weight is 279 g/mol. The van der Waals surface area contributed by atoms with Crippen molar-refractivity contribution in [3.63, 3.8) is 0 Å². The molecule has 1 amide bonds. The van der Waals surface area contributed by atoms with Crippen LogP contribution in [0.4, 0.5) is 5.69 Å². The van der Waals surface area contributed by atoms with Gasteiger partial charge in [-0.1, -0.05) is 18.2 Å². The topological polar surface area (TPSA) is 81.7 Å². The van der Waals surface area contributed by atoms with Crippen LogP contribution in [0.3, 0.4) is 0 Å². The number of esters is 2. The highest BCUT2D eigenvalue weighted by atomic mass is 16.6. The highest BCUT2D eigenvalue weighted by Crippen LogP contribution is 2.11. The number of carbonyl (C=O) groups excluding carboxylic acids is 3. The minimum Gasteiger partial charge on any atom is -0.465 e. The Labute approximate surface area is 117 Å². The first kappa shape index (κ1) is 15.7. The van der Waals surface area contributed by atoms with Crippen LogP contribution >= 0.6 is 0 Å². The molecule has 108 valence electrons. The van der Waals surface area contributed by atoms with Gasteiger partial charge < -0.3 is 14.8 Å². The van der Waals surface area contributed by atoms with Crippen molar-refractivity contribution in [2.24, 2.45) is 5.92 Å². The highest BCUT2D eigenvalue weighted by Gasteiger charge is 2.36. The van der Waals surface area contributed by atoms with Gasteiger partial charge in [-0.05, 0) is 26.0 Å². The number of rotatable bonds is 6. The fraction of sp³-hybridized carbons (Fsp3) is 0.357. The predicted molar refractivity (Wildman–Crippen MR) is 71.8 cm³/mol. The van der Waals surface area contributed by atoms with Crippen LogP contribution in [0.2, 0.25) is 0 Å². The number of nitrogens with one attached hydrogen (secondary N) is 1. The van der Waals surface area contributed by atoms with Crippen molar-refractivity contribution >= 4 is 23.5 Å². The molecule has 6 heteroatoms. The lowest BCUT2D eigenvalue weighted by molar-refractivity contribution is -0.163. The quantitative estimate of drug-likeness (QED) is 0.628. The van der Waals surface area contributed by atoms with E-state index in [-0.39, 0.29) is 13.2 Å². The number of ether oxygens (including phenoxy) is 2. The van der Waals surface area contributed by atoms with Gasteiger partial charge >= 0.3 is 11.9 Å². The van der Waals surface area contributed by atoms with Gasteiger partial charge in [0.1, 0.15) is 0 Å². The molecule has 6 nitrogen and oxygen atoms in total. The number of amides is 1. The molecular weight excluding hydrogens is 262 g/mol. The molecule has 0 unspecified atom stereocenters. The molecule has 0 bridgehead atoms. The van der Waals surface area contributed by atoms with Crippen LogP contribution in [0, 0.1) is 5.92 Å². The lowest BCUT2D eigenvalue weighted by Crippen LogP contribution is -2.38. The molecule has 0 aliphatic heterocycles. The van der Waals surface area contributed by atoms with E-state index in [9.17, 15) is 14.4 Å². The first-order valence-corrected chi connectivity index (χ1v) is 6.29. The number of anilines is 1. The molecule has 1 N–H and O–H groups in total. The third-order valence-electron chi connectivity index (χ3n) is 2.35. The second-order valence-corrected chi connectivity index (χ2v) is 3.79. The molecular formula is C14H17NO5. The molecule has 0 aliphatic carbocycles. The van der Waals surface area contributed by atoms with Crippen molar-refractivity contribution in [2.75, 3.05) is 18.5 Å². The Kier molecular flexibility index (Phi) is 6.22. The Morgan fingerprint density at radius 2 is 1.50 bits per heavy atom. The van der Waals surface area contributed by atoms with Crippen molar-refractivity contribution in [2.45, 2.75) is 13.8 Å². The summed E-state index contributed by atoms with van der Waals surface area (Å²) in [6.07, 6.45) is 0. The first-order valence-electron chi connectivity index (χ1n) is 6.29. The van der Waals surface area contributed by atoms with E-state index in [0.29, 0.717) is 5.69 Å². The summed E-state index contributed by atoms with van der Waals surface area (Å²) in [4.78, 5) is 35.4. The third-order valence-corrected chi connectivity index (χ3v) is 2.35. The largest absolute Gasteiger partial charge is 0.465 e. The molecule has 1 aromatic carbocycles. The summed E-state index contributed by atoms with van der Waals surface area (Å²) in [5.74, 6) is -4.22. The zero-order chi connectivity index (χ0) is 15.0. The summed E-state index contributed by atoms with van der Waals surface area (Å²) in [7, 11) is 0. The molecule has 0 aromatic heterocycles. The minimum absolute atomic E-state index is 0.0767. The van der Waals surface area contributed by atoms with E-state index < -0.39 is 23.8 Å². The van der Waals surface area contributed by atoms with Gasteiger partial charge in [0, 0.05) is 5.69 Å². The molecule has 0 radical (unpaired) electrons. The standard InChI is InChI=1S/C14H17NO5/c1-3-19-13(17)11(14(18)20-4-2)12(16)15-10-8-6-5-7-9-10/h5-9,11H,3-4H2,1-2H3,(H,15,16). The number of para-hydroxylation sites is 1. The second-order valence-electron chi connectivity index (χ2n) is 3.79. The zero-order valence-electron chi connectivity index (χ0n) is 11.4. The van der Waals surface area contributed by atoms with E-state index >= 15 is 0 Å². The maximum absolute atomic E-state index is 12.0. The van der Waals surface area contributed by atoms with Gasteiger partial charge in [0.15, 0.2) is 0 Å². The lowest BCUT2D eigenvalue weighted by atomic mass is 10.1.